The van der Waals surface area contributed by atoms with Crippen molar-refractivity contribution in [2.45, 2.75) is 20.8 Å². The summed E-state index contributed by atoms with van der Waals surface area (Å²) in [5, 5.41) is 0. The van der Waals surface area contributed by atoms with Crippen molar-refractivity contribution in [1.29, 1.82) is 0 Å². The smallest absolute Gasteiger partial charge is 0.0445 e. The molecule has 1 aromatic rings. The SMILES string of the molecule is C/C=C\N=C(C)c1ccnc(C)c1. The summed E-state index contributed by atoms with van der Waals surface area (Å²) in [7, 11) is 0. The van der Waals surface area contributed by atoms with Crippen molar-refractivity contribution in [3.63, 3.8) is 0 Å². The summed E-state index contributed by atoms with van der Waals surface area (Å²) >= 11 is 0. The van der Waals surface area contributed by atoms with Crippen LogP contribution in [0.4, 0.5) is 0 Å². The van der Waals surface area contributed by atoms with Crippen LogP contribution in [0.2, 0.25) is 0 Å². The molecule has 2 heteroatoms. The summed E-state index contributed by atoms with van der Waals surface area (Å²) < 4.78 is 0. The average Bonchev–Trinajstić information content (AvgIpc) is 2.14. The number of hydrogen-bond donors (Lipinski definition) is 0. The third-order valence-electron chi connectivity index (χ3n) is 1.73. The standard InChI is InChI=1S/C11H14N2/c1-4-6-13-10(3)11-5-7-12-9(2)8-11/h4-8H,1-3H3/b6-4-,13-10?. The summed E-state index contributed by atoms with van der Waals surface area (Å²) in [5.74, 6) is 0. The fourth-order valence-electron chi connectivity index (χ4n) is 1.03. The number of allylic oxidation sites excluding steroid dienone is 1. The highest BCUT2D eigenvalue weighted by Crippen LogP contribution is 2.02. The summed E-state index contributed by atoms with van der Waals surface area (Å²) in [6.07, 6.45) is 5.52. The van der Waals surface area contributed by atoms with Crippen LogP contribution >= 0.6 is 0 Å². The lowest BCUT2D eigenvalue weighted by molar-refractivity contribution is 1.19. The number of hydrogen-bond acceptors (Lipinski definition) is 2. The van der Waals surface area contributed by atoms with Crippen molar-refractivity contribution in [3.8, 4) is 0 Å². The van der Waals surface area contributed by atoms with Gasteiger partial charge < -0.3 is 0 Å². The molecule has 13 heavy (non-hydrogen) atoms. The van der Waals surface area contributed by atoms with E-state index in [2.05, 4.69) is 9.98 Å². The summed E-state index contributed by atoms with van der Waals surface area (Å²) in [6, 6.07) is 4.00. The predicted molar refractivity (Wildman–Crippen MR) is 56.0 cm³/mol. The van der Waals surface area contributed by atoms with Gasteiger partial charge in [-0.1, -0.05) is 6.08 Å². The zero-order valence-corrected chi connectivity index (χ0v) is 8.28. The van der Waals surface area contributed by atoms with Crippen molar-refractivity contribution in [3.05, 3.63) is 41.9 Å². The number of aromatic nitrogens is 1. The molecule has 1 heterocycles. The van der Waals surface area contributed by atoms with Gasteiger partial charge in [0.15, 0.2) is 0 Å². The number of pyridine rings is 1. The zero-order valence-electron chi connectivity index (χ0n) is 8.28. The highest BCUT2D eigenvalue weighted by molar-refractivity contribution is 5.99. The van der Waals surface area contributed by atoms with E-state index in [-0.39, 0.29) is 0 Å². The Hall–Kier alpha value is -1.44. The maximum Gasteiger partial charge on any atom is 0.0445 e. The third kappa shape index (κ3) is 2.82. The van der Waals surface area contributed by atoms with Crippen LogP contribution in [0, 0.1) is 6.92 Å². The first-order valence-electron chi connectivity index (χ1n) is 4.32. The minimum atomic E-state index is 1.02. The lowest BCUT2D eigenvalue weighted by Gasteiger charge is -1.99. The zero-order chi connectivity index (χ0) is 9.68. The van der Waals surface area contributed by atoms with E-state index in [1.807, 2.05) is 39.0 Å². The van der Waals surface area contributed by atoms with Crippen molar-refractivity contribution in [2.75, 3.05) is 0 Å². The van der Waals surface area contributed by atoms with E-state index >= 15 is 0 Å². The van der Waals surface area contributed by atoms with Gasteiger partial charge in [0, 0.05) is 23.8 Å². The van der Waals surface area contributed by atoms with Gasteiger partial charge in [0.05, 0.1) is 0 Å². The second kappa shape index (κ2) is 4.55. The predicted octanol–water partition coefficient (Wildman–Crippen LogP) is 2.73. The Balaban J connectivity index is 2.94. The van der Waals surface area contributed by atoms with Crippen LogP contribution < -0.4 is 0 Å². The largest absolute Gasteiger partial charge is 0.262 e. The van der Waals surface area contributed by atoms with E-state index in [1.165, 1.54) is 0 Å². The van der Waals surface area contributed by atoms with E-state index in [1.54, 1.807) is 12.4 Å². The normalized spacial score (nSPS) is 12.4. The van der Waals surface area contributed by atoms with Gasteiger partial charge in [-0.3, -0.25) is 9.98 Å². The van der Waals surface area contributed by atoms with E-state index in [0.29, 0.717) is 0 Å². The van der Waals surface area contributed by atoms with Crippen LogP contribution in [0.1, 0.15) is 25.1 Å². The fraction of sp³-hybridized carbons (Fsp3) is 0.273. The van der Waals surface area contributed by atoms with Gasteiger partial charge in [0.2, 0.25) is 0 Å². The summed E-state index contributed by atoms with van der Waals surface area (Å²) in [5.41, 5.74) is 3.17. The lowest BCUT2D eigenvalue weighted by atomic mass is 10.1. The molecule has 1 rings (SSSR count). The molecule has 0 saturated heterocycles. The van der Waals surface area contributed by atoms with Gasteiger partial charge in [-0.25, -0.2) is 0 Å². The summed E-state index contributed by atoms with van der Waals surface area (Å²) in [4.78, 5) is 8.39. The molecule has 0 saturated carbocycles. The van der Waals surface area contributed by atoms with Gasteiger partial charge in [-0.05, 0) is 38.5 Å². The highest BCUT2D eigenvalue weighted by atomic mass is 14.7. The van der Waals surface area contributed by atoms with Crippen molar-refractivity contribution in [2.24, 2.45) is 4.99 Å². The van der Waals surface area contributed by atoms with Crippen LogP contribution in [-0.4, -0.2) is 10.7 Å². The monoisotopic (exact) mass is 174 g/mol. The number of nitrogens with zero attached hydrogens (tertiary/aromatic N) is 2. The number of aryl methyl sites for hydroxylation is 1. The second-order valence-corrected chi connectivity index (χ2v) is 2.88. The molecule has 0 aromatic carbocycles. The molecule has 0 amide bonds. The Morgan fingerprint density at radius 2 is 2.31 bits per heavy atom. The van der Waals surface area contributed by atoms with Gasteiger partial charge >= 0.3 is 0 Å². The molecule has 0 aliphatic rings. The van der Waals surface area contributed by atoms with Crippen LogP contribution in [0.25, 0.3) is 0 Å². The number of rotatable bonds is 2. The molecule has 68 valence electrons. The van der Waals surface area contributed by atoms with Gasteiger partial charge in [0.25, 0.3) is 0 Å². The highest BCUT2D eigenvalue weighted by Gasteiger charge is 1.95. The molecule has 0 N–H and O–H groups in total. The molecule has 0 aliphatic carbocycles. The van der Waals surface area contributed by atoms with Crippen molar-refractivity contribution < 1.29 is 0 Å². The molecule has 0 spiro atoms. The van der Waals surface area contributed by atoms with E-state index in [9.17, 15) is 0 Å². The van der Waals surface area contributed by atoms with E-state index in [0.717, 1.165) is 17.0 Å². The van der Waals surface area contributed by atoms with Gasteiger partial charge in [-0.15, -0.1) is 0 Å². The molecule has 2 nitrogen and oxygen atoms in total. The average molecular weight is 174 g/mol. The maximum atomic E-state index is 4.26. The Kier molecular flexibility index (Phi) is 3.38. The fourth-order valence-corrected chi connectivity index (χ4v) is 1.03. The van der Waals surface area contributed by atoms with Crippen LogP contribution in [0.15, 0.2) is 35.6 Å². The minimum absolute atomic E-state index is 1.02. The first kappa shape index (κ1) is 9.65. The quantitative estimate of drug-likeness (QED) is 0.633. The molecule has 0 aliphatic heterocycles. The molecule has 0 bridgehead atoms. The molecule has 1 aromatic heterocycles. The molecule has 0 atom stereocenters. The Bertz CT molecular complexity index is 338. The van der Waals surface area contributed by atoms with Crippen molar-refractivity contribution in [1.82, 2.24) is 4.98 Å². The topological polar surface area (TPSA) is 25.2 Å². The van der Waals surface area contributed by atoms with E-state index < -0.39 is 0 Å². The first-order valence-corrected chi connectivity index (χ1v) is 4.32. The van der Waals surface area contributed by atoms with Crippen LogP contribution in [-0.2, 0) is 0 Å². The Morgan fingerprint density at radius 3 is 2.92 bits per heavy atom. The molecular formula is C11H14N2. The Labute approximate surface area is 79.0 Å². The minimum Gasteiger partial charge on any atom is -0.262 e. The molecule has 0 fully saturated rings. The Morgan fingerprint density at radius 1 is 1.54 bits per heavy atom. The first-order chi connectivity index (χ1) is 6.24. The molecule has 0 unspecified atom stereocenters. The molecule has 0 radical (unpaired) electrons. The van der Waals surface area contributed by atoms with Crippen LogP contribution in [0.5, 0.6) is 0 Å². The van der Waals surface area contributed by atoms with Crippen LogP contribution in [0.3, 0.4) is 0 Å². The van der Waals surface area contributed by atoms with Crippen molar-refractivity contribution >= 4 is 5.71 Å². The van der Waals surface area contributed by atoms with E-state index in [4.69, 9.17) is 0 Å². The molecular weight excluding hydrogens is 160 g/mol. The maximum absolute atomic E-state index is 4.26. The summed E-state index contributed by atoms with van der Waals surface area (Å²) in [6.45, 7) is 5.93. The third-order valence-corrected chi connectivity index (χ3v) is 1.73. The van der Waals surface area contributed by atoms with Gasteiger partial charge in [0.1, 0.15) is 0 Å². The van der Waals surface area contributed by atoms with Gasteiger partial charge in [-0.2, -0.15) is 0 Å². The lowest BCUT2D eigenvalue weighted by Crippen LogP contribution is -1.95. The second-order valence-electron chi connectivity index (χ2n) is 2.88. The number of aliphatic imine (C=N–C) groups is 1.